The van der Waals surface area contributed by atoms with Gasteiger partial charge in [-0.15, -0.1) is 5.10 Å². The molecule has 1 heterocycles. The molecular formula is C16H26N6O3S. The Balaban J connectivity index is 2.06. The highest BCUT2D eigenvalue weighted by Crippen LogP contribution is 2.17. The molecule has 0 fully saturated rings. The third kappa shape index (κ3) is 5.40. The molecule has 0 spiro atoms. The van der Waals surface area contributed by atoms with Crippen LogP contribution in [-0.4, -0.2) is 47.6 Å². The maximum absolute atomic E-state index is 12.2. The largest absolute Gasteiger partial charge is 0.336 e. The van der Waals surface area contributed by atoms with Crippen molar-refractivity contribution in [3.8, 4) is 0 Å². The minimum absolute atomic E-state index is 0.147. The van der Waals surface area contributed by atoms with Crippen molar-refractivity contribution in [2.75, 3.05) is 6.54 Å². The third-order valence-electron chi connectivity index (χ3n) is 3.28. The van der Waals surface area contributed by atoms with Gasteiger partial charge in [-0.2, -0.15) is 0 Å². The van der Waals surface area contributed by atoms with Gasteiger partial charge in [0.05, 0.1) is 17.0 Å². The second-order valence-corrected chi connectivity index (χ2v) is 9.08. The van der Waals surface area contributed by atoms with Crippen molar-refractivity contribution in [2.45, 2.75) is 57.6 Å². The number of urea groups is 1. The number of amides is 2. The second kappa shape index (κ2) is 7.58. The smallest absolute Gasteiger partial charge is 0.315 e. The van der Waals surface area contributed by atoms with Crippen LogP contribution in [0.25, 0.3) is 11.0 Å². The molecule has 0 saturated carbocycles. The van der Waals surface area contributed by atoms with Crippen LogP contribution >= 0.6 is 0 Å². The number of nitrogens with zero attached hydrogens (tertiary/aromatic N) is 3. The quantitative estimate of drug-likeness (QED) is 0.694. The molecular weight excluding hydrogens is 356 g/mol. The molecule has 0 saturated heterocycles. The van der Waals surface area contributed by atoms with Crippen molar-refractivity contribution >= 4 is 27.1 Å². The molecule has 0 aliphatic rings. The lowest BCUT2D eigenvalue weighted by Gasteiger charge is -2.20. The predicted octanol–water partition coefficient (Wildman–Crippen LogP) is 1.22. The van der Waals surface area contributed by atoms with E-state index in [9.17, 15) is 13.2 Å². The van der Waals surface area contributed by atoms with E-state index in [1.165, 1.54) is 12.1 Å². The fourth-order valence-corrected chi connectivity index (χ4v) is 3.59. The van der Waals surface area contributed by atoms with E-state index in [0.717, 1.165) is 0 Å². The Hall–Kier alpha value is -2.20. The molecule has 3 N–H and O–H groups in total. The standard InChI is InChI=1S/C16H26N6O3S/c1-11(2)20-26(24,25)12-6-7-14-13(10-12)19-21-22(14)9-8-17-15(23)18-16(3,4)5/h6-7,10-11,20H,8-9H2,1-5H3,(H2,17,18,23). The molecule has 9 nitrogen and oxygen atoms in total. The average Bonchev–Trinajstić information content (AvgIpc) is 2.86. The summed E-state index contributed by atoms with van der Waals surface area (Å²) in [6, 6.07) is 4.22. The van der Waals surface area contributed by atoms with E-state index in [-0.39, 0.29) is 22.5 Å². The Morgan fingerprint density at radius 1 is 1.27 bits per heavy atom. The second-order valence-electron chi connectivity index (χ2n) is 7.37. The minimum atomic E-state index is -3.58. The number of rotatable bonds is 6. The van der Waals surface area contributed by atoms with Crippen LogP contribution in [0, 0.1) is 0 Å². The van der Waals surface area contributed by atoms with E-state index < -0.39 is 10.0 Å². The minimum Gasteiger partial charge on any atom is -0.336 e. The van der Waals surface area contributed by atoms with Crippen LogP contribution < -0.4 is 15.4 Å². The van der Waals surface area contributed by atoms with E-state index in [1.807, 2.05) is 20.8 Å². The fraction of sp³-hybridized carbons (Fsp3) is 0.562. The van der Waals surface area contributed by atoms with Crippen LogP contribution in [-0.2, 0) is 16.6 Å². The summed E-state index contributed by atoms with van der Waals surface area (Å²) in [7, 11) is -3.58. The summed E-state index contributed by atoms with van der Waals surface area (Å²) in [6.07, 6.45) is 0. The number of benzene rings is 1. The van der Waals surface area contributed by atoms with E-state index >= 15 is 0 Å². The molecule has 0 aliphatic heterocycles. The number of carbonyl (C=O) groups is 1. The molecule has 2 amide bonds. The molecule has 26 heavy (non-hydrogen) atoms. The van der Waals surface area contributed by atoms with Crippen LogP contribution in [0.1, 0.15) is 34.6 Å². The monoisotopic (exact) mass is 382 g/mol. The summed E-state index contributed by atoms with van der Waals surface area (Å²) < 4.78 is 28.6. The molecule has 10 heteroatoms. The van der Waals surface area contributed by atoms with Crippen LogP contribution in [0.3, 0.4) is 0 Å². The molecule has 2 aromatic rings. The molecule has 0 atom stereocenters. The number of hydrogen-bond donors (Lipinski definition) is 3. The first-order valence-electron chi connectivity index (χ1n) is 8.39. The lowest BCUT2D eigenvalue weighted by molar-refractivity contribution is 0.231. The highest BCUT2D eigenvalue weighted by atomic mass is 32.2. The van der Waals surface area contributed by atoms with Gasteiger partial charge >= 0.3 is 6.03 Å². The lowest BCUT2D eigenvalue weighted by atomic mass is 10.1. The number of carbonyl (C=O) groups excluding carboxylic acids is 1. The number of sulfonamides is 1. The van der Waals surface area contributed by atoms with Gasteiger partial charge in [0, 0.05) is 18.1 Å². The Labute approximate surface area is 153 Å². The van der Waals surface area contributed by atoms with Gasteiger partial charge in [0.25, 0.3) is 0 Å². The van der Waals surface area contributed by atoms with Gasteiger partial charge in [0.2, 0.25) is 10.0 Å². The summed E-state index contributed by atoms with van der Waals surface area (Å²) in [4.78, 5) is 11.9. The molecule has 0 aliphatic carbocycles. The molecule has 2 rings (SSSR count). The van der Waals surface area contributed by atoms with E-state index in [0.29, 0.717) is 24.1 Å². The molecule has 1 aromatic heterocycles. The fourth-order valence-electron chi connectivity index (χ4n) is 2.32. The number of aromatic nitrogens is 3. The number of fused-ring (bicyclic) bond motifs is 1. The van der Waals surface area contributed by atoms with Gasteiger partial charge in [0.15, 0.2) is 0 Å². The first kappa shape index (κ1) is 20.1. The van der Waals surface area contributed by atoms with E-state index in [2.05, 4.69) is 25.7 Å². The summed E-state index contributed by atoms with van der Waals surface area (Å²) >= 11 is 0. The number of hydrogen-bond acceptors (Lipinski definition) is 5. The highest BCUT2D eigenvalue weighted by molar-refractivity contribution is 7.89. The van der Waals surface area contributed by atoms with Gasteiger partial charge < -0.3 is 10.6 Å². The molecule has 1 aromatic carbocycles. The van der Waals surface area contributed by atoms with Crippen LogP contribution in [0.15, 0.2) is 23.1 Å². The van der Waals surface area contributed by atoms with E-state index in [1.54, 1.807) is 24.6 Å². The first-order chi connectivity index (χ1) is 12.0. The van der Waals surface area contributed by atoms with Gasteiger partial charge in [-0.25, -0.2) is 22.6 Å². The van der Waals surface area contributed by atoms with Gasteiger partial charge in [0.1, 0.15) is 5.52 Å². The molecule has 0 bridgehead atoms. The maximum Gasteiger partial charge on any atom is 0.315 e. The predicted molar refractivity (Wildman–Crippen MR) is 99.3 cm³/mol. The molecule has 0 radical (unpaired) electrons. The zero-order chi connectivity index (χ0) is 19.5. The topological polar surface area (TPSA) is 118 Å². The SMILES string of the molecule is CC(C)NS(=O)(=O)c1ccc2c(c1)nnn2CCNC(=O)NC(C)(C)C. The van der Waals surface area contributed by atoms with Gasteiger partial charge in [-0.1, -0.05) is 5.21 Å². The van der Waals surface area contributed by atoms with Crippen molar-refractivity contribution in [1.29, 1.82) is 0 Å². The van der Waals surface area contributed by atoms with Crippen molar-refractivity contribution in [2.24, 2.45) is 0 Å². The summed E-state index contributed by atoms with van der Waals surface area (Å²) in [5, 5.41) is 13.6. The Morgan fingerprint density at radius 3 is 2.58 bits per heavy atom. The van der Waals surface area contributed by atoms with Gasteiger partial charge in [-0.3, -0.25) is 0 Å². The van der Waals surface area contributed by atoms with Crippen LogP contribution in [0.5, 0.6) is 0 Å². The maximum atomic E-state index is 12.2. The normalized spacial score (nSPS) is 12.5. The van der Waals surface area contributed by atoms with Crippen molar-refractivity contribution < 1.29 is 13.2 Å². The molecule has 0 unspecified atom stereocenters. The zero-order valence-corrected chi connectivity index (χ0v) is 16.5. The molecule has 144 valence electrons. The highest BCUT2D eigenvalue weighted by Gasteiger charge is 2.17. The van der Waals surface area contributed by atoms with Crippen molar-refractivity contribution in [1.82, 2.24) is 30.3 Å². The number of nitrogens with one attached hydrogen (secondary N) is 3. The van der Waals surface area contributed by atoms with Gasteiger partial charge in [-0.05, 0) is 52.8 Å². The van der Waals surface area contributed by atoms with E-state index in [4.69, 9.17) is 0 Å². The Kier molecular flexibility index (Phi) is 5.87. The zero-order valence-electron chi connectivity index (χ0n) is 15.7. The van der Waals surface area contributed by atoms with Crippen molar-refractivity contribution in [3.05, 3.63) is 18.2 Å². The van der Waals surface area contributed by atoms with Crippen molar-refractivity contribution in [3.63, 3.8) is 0 Å². The summed E-state index contributed by atoms with van der Waals surface area (Å²) in [6.45, 7) is 10.0. The third-order valence-corrected chi connectivity index (χ3v) is 4.94. The lowest BCUT2D eigenvalue weighted by Crippen LogP contribution is -2.47. The van der Waals surface area contributed by atoms with Crippen LogP contribution in [0.2, 0.25) is 0 Å². The average molecular weight is 382 g/mol. The Morgan fingerprint density at radius 2 is 1.96 bits per heavy atom. The Bertz CT molecular complexity index is 883. The van der Waals surface area contributed by atoms with Crippen LogP contribution in [0.4, 0.5) is 4.79 Å². The summed E-state index contributed by atoms with van der Waals surface area (Å²) in [5.41, 5.74) is 0.873. The summed E-state index contributed by atoms with van der Waals surface area (Å²) in [5.74, 6) is 0. The first-order valence-corrected chi connectivity index (χ1v) is 9.88.